The van der Waals surface area contributed by atoms with Gasteiger partial charge in [0.25, 0.3) is 0 Å². The Balaban J connectivity index is 1.41. The molecule has 2 aliphatic heterocycles. The average Bonchev–Trinajstić information content (AvgIpc) is 3.24. The van der Waals surface area contributed by atoms with E-state index in [1.54, 1.807) is 0 Å². The van der Waals surface area contributed by atoms with Crippen LogP contribution >= 0.6 is 0 Å². The quantitative estimate of drug-likeness (QED) is 0.848. The van der Waals surface area contributed by atoms with Gasteiger partial charge in [-0.15, -0.1) is 10.2 Å². The monoisotopic (exact) mass is 318 g/mol. The fourth-order valence-electron chi connectivity index (χ4n) is 3.81. The molecular weight excluding hydrogens is 296 g/mol. The van der Waals surface area contributed by atoms with Crippen molar-refractivity contribution >= 4 is 0 Å². The lowest BCUT2D eigenvalue weighted by Crippen LogP contribution is -2.25. The van der Waals surface area contributed by atoms with Crippen LogP contribution < -0.4 is 0 Å². The Morgan fingerprint density at radius 3 is 2.74 bits per heavy atom. The zero-order chi connectivity index (χ0) is 16.0. The molecule has 0 aliphatic carbocycles. The summed E-state index contributed by atoms with van der Waals surface area (Å²) >= 11 is 0. The maximum absolute atomic E-state index is 6.01. The van der Waals surface area contributed by atoms with Crippen molar-refractivity contribution in [3.8, 4) is 0 Å². The molecule has 4 heterocycles. The molecule has 0 amide bonds. The molecular formula is C16H22N4O3. The smallest absolute Gasteiger partial charge is 0.216 e. The zero-order valence-corrected chi connectivity index (χ0v) is 13.8. The number of ether oxygens (including phenoxy) is 1. The second-order valence-electron chi connectivity index (χ2n) is 6.71. The first-order valence-corrected chi connectivity index (χ1v) is 8.15. The molecule has 3 atom stereocenters. The molecule has 2 saturated heterocycles. The molecule has 0 spiro atoms. The zero-order valence-electron chi connectivity index (χ0n) is 13.8. The van der Waals surface area contributed by atoms with Gasteiger partial charge >= 0.3 is 0 Å². The van der Waals surface area contributed by atoms with E-state index in [2.05, 4.69) is 20.3 Å². The van der Waals surface area contributed by atoms with Crippen molar-refractivity contribution in [2.75, 3.05) is 19.7 Å². The minimum absolute atomic E-state index is 0.310. The van der Waals surface area contributed by atoms with Crippen LogP contribution in [-0.2, 0) is 17.7 Å². The molecule has 7 heteroatoms. The first-order valence-electron chi connectivity index (χ1n) is 8.15. The van der Waals surface area contributed by atoms with Crippen LogP contribution in [0.2, 0.25) is 0 Å². The summed E-state index contributed by atoms with van der Waals surface area (Å²) in [6.07, 6.45) is 1.12. The molecule has 0 saturated carbocycles. The summed E-state index contributed by atoms with van der Waals surface area (Å²) in [5.41, 5.74) is 2.19. The first-order chi connectivity index (χ1) is 11.1. The average molecular weight is 318 g/mol. The van der Waals surface area contributed by atoms with Crippen LogP contribution in [0.1, 0.15) is 28.8 Å². The molecule has 23 heavy (non-hydrogen) atoms. The van der Waals surface area contributed by atoms with Crippen molar-refractivity contribution < 1.29 is 13.7 Å². The highest BCUT2D eigenvalue weighted by Gasteiger charge is 2.44. The summed E-state index contributed by atoms with van der Waals surface area (Å²) in [4.78, 5) is 2.44. The van der Waals surface area contributed by atoms with Gasteiger partial charge in [0.2, 0.25) is 11.8 Å². The molecule has 0 radical (unpaired) electrons. The van der Waals surface area contributed by atoms with Crippen molar-refractivity contribution in [1.82, 2.24) is 20.3 Å². The third-order valence-corrected chi connectivity index (χ3v) is 5.08. The lowest BCUT2D eigenvalue weighted by Gasteiger charge is -2.18. The number of fused-ring (bicyclic) bond motifs is 1. The lowest BCUT2D eigenvalue weighted by atomic mass is 9.90. The molecule has 2 aromatic heterocycles. The minimum Gasteiger partial charge on any atom is -0.426 e. The van der Waals surface area contributed by atoms with Crippen molar-refractivity contribution in [2.45, 2.75) is 39.8 Å². The summed E-state index contributed by atoms with van der Waals surface area (Å²) in [6.45, 7) is 9.47. The van der Waals surface area contributed by atoms with Crippen molar-refractivity contribution in [3.63, 3.8) is 0 Å². The summed E-state index contributed by atoms with van der Waals surface area (Å²) in [7, 11) is 0. The van der Waals surface area contributed by atoms with Crippen LogP contribution in [0.25, 0.3) is 0 Å². The normalized spacial score (nSPS) is 27.7. The molecule has 2 aliphatic rings. The largest absolute Gasteiger partial charge is 0.426 e. The third kappa shape index (κ3) is 2.79. The fourth-order valence-corrected chi connectivity index (χ4v) is 3.81. The molecule has 0 bridgehead atoms. The van der Waals surface area contributed by atoms with E-state index in [4.69, 9.17) is 13.7 Å². The van der Waals surface area contributed by atoms with Gasteiger partial charge in [-0.2, -0.15) is 0 Å². The topological polar surface area (TPSA) is 77.4 Å². The van der Waals surface area contributed by atoms with Crippen LogP contribution in [0.5, 0.6) is 0 Å². The van der Waals surface area contributed by atoms with E-state index < -0.39 is 0 Å². The summed E-state index contributed by atoms with van der Waals surface area (Å²) in [6, 6.07) is 0. The van der Waals surface area contributed by atoms with E-state index in [-0.39, 0.29) is 0 Å². The Kier molecular flexibility index (Phi) is 3.69. The van der Waals surface area contributed by atoms with Crippen LogP contribution in [0.15, 0.2) is 8.94 Å². The Labute approximate surface area is 135 Å². The highest BCUT2D eigenvalue weighted by molar-refractivity contribution is 5.21. The Bertz CT molecular complexity index is 676. The van der Waals surface area contributed by atoms with Gasteiger partial charge in [0.1, 0.15) is 5.76 Å². The van der Waals surface area contributed by atoms with E-state index in [0.29, 0.717) is 23.8 Å². The van der Waals surface area contributed by atoms with E-state index in [0.717, 1.165) is 50.0 Å². The Morgan fingerprint density at radius 1 is 1.17 bits per heavy atom. The fraction of sp³-hybridized carbons (Fsp3) is 0.688. The van der Waals surface area contributed by atoms with Crippen molar-refractivity contribution in [2.24, 2.45) is 11.8 Å². The Hall–Kier alpha value is -1.73. The second kappa shape index (κ2) is 5.72. The van der Waals surface area contributed by atoms with Crippen LogP contribution in [0.3, 0.4) is 0 Å². The predicted octanol–water partition coefficient (Wildman–Crippen LogP) is 1.67. The number of likely N-dealkylation sites (tertiary alicyclic amines) is 1. The molecule has 7 nitrogen and oxygen atoms in total. The molecule has 2 fully saturated rings. The van der Waals surface area contributed by atoms with Crippen molar-refractivity contribution in [1.29, 1.82) is 0 Å². The van der Waals surface area contributed by atoms with Gasteiger partial charge in [0.05, 0.1) is 18.4 Å². The second-order valence-corrected chi connectivity index (χ2v) is 6.71. The Morgan fingerprint density at radius 2 is 2.04 bits per heavy atom. The SMILES string of the molecule is Cc1nnc(C[C@@H]2CO[C@@H]3CN(Cc4c(C)noc4C)C[C@H]23)o1. The summed E-state index contributed by atoms with van der Waals surface area (Å²) < 4.78 is 16.8. The molecule has 0 unspecified atom stereocenters. The molecule has 124 valence electrons. The lowest BCUT2D eigenvalue weighted by molar-refractivity contribution is 0.0935. The number of hydrogen-bond acceptors (Lipinski definition) is 7. The molecule has 0 N–H and O–H groups in total. The van der Waals surface area contributed by atoms with E-state index in [1.165, 1.54) is 5.56 Å². The number of hydrogen-bond donors (Lipinski definition) is 0. The number of aromatic nitrogens is 3. The summed E-state index contributed by atoms with van der Waals surface area (Å²) in [5.74, 6) is 3.25. The first kappa shape index (κ1) is 14.8. The van der Waals surface area contributed by atoms with Crippen molar-refractivity contribution in [3.05, 3.63) is 28.8 Å². The predicted molar refractivity (Wildman–Crippen MR) is 80.7 cm³/mol. The maximum atomic E-state index is 6.01. The minimum atomic E-state index is 0.310. The van der Waals surface area contributed by atoms with Gasteiger partial charge in [-0.3, -0.25) is 4.90 Å². The van der Waals surface area contributed by atoms with Gasteiger partial charge in [-0.05, 0) is 19.8 Å². The van der Waals surface area contributed by atoms with Gasteiger partial charge < -0.3 is 13.7 Å². The highest BCUT2D eigenvalue weighted by Crippen LogP contribution is 2.36. The highest BCUT2D eigenvalue weighted by atomic mass is 16.5. The molecule has 4 rings (SSSR count). The van der Waals surface area contributed by atoms with Crippen LogP contribution in [-0.4, -0.2) is 46.1 Å². The van der Waals surface area contributed by atoms with Gasteiger partial charge in [0.15, 0.2) is 0 Å². The van der Waals surface area contributed by atoms with Gasteiger partial charge in [0, 0.05) is 44.5 Å². The maximum Gasteiger partial charge on any atom is 0.216 e. The number of aryl methyl sites for hydroxylation is 3. The van der Waals surface area contributed by atoms with Crippen LogP contribution in [0, 0.1) is 32.6 Å². The standard InChI is InChI=1S/C16H22N4O3/c1-9-13(10(2)23-19-9)5-20-6-14-12(8-21-15(14)7-20)4-16-18-17-11(3)22-16/h12,14-15H,4-8H2,1-3H3/t12-,14-,15-/m1/s1. The van der Waals surface area contributed by atoms with E-state index in [1.807, 2.05) is 20.8 Å². The van der Waals surface area contributed by atoms with Gasteiger partial charge in [-0.25, -0.2) is 0 Å². The molecule has 2 aromatic rings. The third-order valence-electron chi connectivity index (χ3n) is 5.08. The van der Waals surface area contributed by atoms with E-state index in [9.17, 15) is 0 Å². The number of rotatable bonds is 4. The van der Waals surface area contributed by atoms with Crippen LogP contribution in [0.4, 0.5) is 0 Å². The number of nitrogens with zero attached hydrogens (tertiary/aromatic N) is 4. The summed E-state index contributed by atoms with van der Waals surface area (Å²) in [5, 5.41) is 12.1. The van der Waals surface area contributed by atoms with E-state index >= 15 is 0 Å². The molecule has 0 aromatic carbocycles. The van der Waals surface area contributed by atoms with Gasteiger partial charge in [-0.1, -0.05) is 5.16 Å².